The molecule has 0 aliphatic rings. The second-order valence-electron chi connectivity index (χ2n) is 0.866. The van der Waals surface area contributed by atoms with Crippen molar-refractivity contribution in [2.75, 3.05) is 19.8 Å². The Balaban J connectivity index is -0.0000000257. The van der Waals surface area contributed by atoms with Crippen LogP contribution in [0.3, 0.4) is 0 Å². The summed E-state index contributed by atoms with van der Waals surface area (Å²) in [7, 11) is 0. The fourth-order valence-electron chi connectivity index (χ4n) is 0. The Bertz CT molecular complexity index is 17.7. The van der Waals surface area contributed by atoms with Gasteiger partial charge >= 0.3 is 26.2 Å². The van der Waals surface area contributed by atoms with E-state index in [1.54, 1.807) is 20.8 Å². The van der Waals surface area contributed by atoms with Crippen molar-refractivity contribution >= 4 is 26.2 Å². The first-order valence-corrected chi connectivity index (χ1v) is 2.99. The van der Waals surface area contributed by atoms with Crippen LogP contribution in [-0.4, -0.2) is 46.0 Å². The van der Waals surface area contributed by atoms with Crippen molar-refractivity contribution in [2.24, 2.45) is 0 Å². The topological polar surface area (TPSA) is 69.2 Å². The maximum Gasteiger partial charge on any atom is 3.00 e. The normalized spacial score (nSPS) is 5.40. The minimum absolute atomic E-state index is 0. The Morgan fingerprint density at radius 1 is 0.700 bits per heavy atom. The zero-order chi connectivity index (χ0) is 8.12. The van der Waals surface area contributed by atoms with Gasteiger partial charge in [-0.15, -0.1) is 19.8 Å². The average molecular weight is 344 g/mol. The van der Waals surface area contributed by atoms with Crippen molar-refractivity contribution in [1.82, 2.24) is 0 Å². The molecule has 0 spiro atoms. The van der Waals surface area contributed by atoms with Gasteiger partial charge in [0, 0.05) is 0 Å². The minimum atomic E-state index is 0. The molecule has 0 bridgehead atoms. The van der Waals surface area contributed by atoms with Crippen LogP contribution in [0.15, 0.2) is 0 Å². The molecule has 0 saturated carbocycles. The molecule has 0 saturated heterocycles. The summed E-state index contributed by atoms with van der Waals surface area (Å²) in [6.07, 6.45) is 0. The van der Waals surface area contributed by atoms with Gasteiger partial charge in [-0.25, -0.2) is 0 Å². The third kappa shape index (κ3) is 907. The summed E-state index contributed by atoms with van der Waals surface area (Å²) in [6, 6.07) is 0. The summed E-state index contributed by atoms with van der Waals surface area (Å²) in [5.74, 6) is 0. The molecule has 0 aromatic heterocycles. The van der Waals surface area contributed by atoms with E-state index >= 15 is 0 Å². The third-order valence-electron chi connectivity index (χ3n) is 0. The van der Waals surface area contributed by atoms with Crippen LogP contribution >= 0.6 is 0 Å². The van der Waals surface area contributed by atoms with Crippen LogP contribution in [0, 0.1) is 0 Å². The first-order chi connectivity index (χ1) is 4.24. The second kappa shape index (κ2) is 52.9. The van der Waals surface area contributed by atoms with Crippen molar-refractivity contribution in [1.29, 1.82) is 0 Å². The van der Waals surface area contributed by atoms with Crippen molar-refractivity contribution < 1.29 is 15.3 Å². The maximum absolute atomic E-state index is 8.93. The number of hydrogen-bond donors (Lipinski definition) is 0. The van der Waals surface area contributed by atoms with Crippen molar-refractivity contribution in [3.05, 3.63) is 0 Å². The Morgan fingerprint density at radius 2 is 0.700 bits per heavy atom. The molecule has 0 heterocycles. The molecule has 0 aromatic carbocycles. The second-order valence-corrected chi connectivity index (χ2v) is 0.866. The van der Waals surface area contributed by atoms with Gasteiger partial charge in [0.15, 0.2) is 0 Å². The fraction of sp³-hybridized carbons (Fsp3) is 1.00. The summed E-state index contributed by atoms with van der Waals surface area (Å²) in [4.78, 5) is 0. The van der Waals surface area contributed by atoms with Crippen molar-refractivity contribution in [3.63, 3.8) is 0 Å². The van der Waals surface area contributed by atoms with Crippen LogP contribution < -0.4 is 15.3 Å². The first-order valence-electron chi connectivity index (χ1n) is 2.99. The Kier molecular flexibility index (Phi) is 119. The molecule has 0 aliphatic heterocycles. The van der Waals surface area contributed by atoms with Gasteiger partial charge in [0.1, 0.15) is 0 Å². The minimum Gasteiger partial charge on any atom is -0.855 e. The monoisotopic (exact) mass is 344 g/mol. The van der Waals surface area contributed by atoms with Crippen LogP contribution in [0.4, 0.5) is 0 Å². The van der Waals surface area contributed by atoms with E-state index in [4.69, 9.17) is 15.3 Å². The van der Waals surface area contributed by atoms with E-state index in [0.29, 0.717) is 0 Å². The van der Waals surface area contributed by atoms with Crippen molar-refractivity contribution in [2.45, 2.75) is 20.8 Å². The molecule has 10 heavy (non-hydrogen) atoms. The van der Waals surface area contributed by atoms with E-state index < -0.39 is 0 Å². The average Bonchev–Trinajstić information content (AvgIpc) is 1.70. The van der Waals surface area contributed by atoms with E-state index in [1.165, 1.54) is 0 Å². The largest absolute Gasteiger partial charge is 3.00 e. The molecule has 0 amide bonds. The summed E-state index contributed by atoms with van der Waals surface area (Å²) >= 11 is 0. The Hall–Kier alpha value is 0.763. The predicted molar refractivity (Wildman–Crippen MR) is 37.4 cm³/mol. The smallest absolute Gasteiger partial charge is 0.855 e. The van der Waals surface area contributed by atoms with Gasteiger partial charge in [-0.1, -0.05) is 20.8 Å². The molecule has 0 aliphatic carbocycles. The molecule has 2 radical (unpaired) electrons. The van der Waals surface area contributed by atoms with Crippen LogP contribution in [-0.2, 0) is 0 Å². The van der Waals surface area contributed by atoms with Crippen molar-refractivity contribution in [3.8, 4) is 0 Å². The summed E-state index contributed by atoms with van der Waals surface area (Å²) in [6.45, 7) is 4.71. The van der Waals surface area contributed by atoms with E-state index in [9.17, 15) is 0 Å². The summed E-state index contributed by atoms with van der Waals surface area (Å²) < 4.78 is 0. The molecule has 62 valence electrons. The predicted octanol–water partition coefficient (Wildman–Crippen LogP) is -2.28. The SMILES string of the molecule is CC[O-].CC[O-].CC[O-].[Bi+3]. The van der Waals surface area contributed by atoms with Gasteiger partial charge in [-0.2, -0.15) is 0 Å². The molecule has 0 unspecified atom stereocenters. The summed E-state index contributed by atoms with van der Waals surface area (Å²) in [5, 5.41) is 26.8. The molecule has 0 aromatic rings. The van der Waals surface area contributed by atoms with Gasteiger partial charge in [-0.05, 0) is 0 Å². The Labute approximate surface area is 82.2 Å². The van der Waals surface area contributed by atoms with Crippen LogP contribution in [0.25, 0.3) is 0 Å². The molecular weight excluding hydrogens is 329 g/mol. The van der Waals surface area contributed by atoms with Gasteiger partial charge in [0.2, 0.25) is 0 Å². The number of hydrogen-bond acceptors (Lipinski definition) is 3. The van der Waals surface area contributed by atoms with Gasteiger partial charge in [0.05, 0.1) is 0 Å². The fourth-order valence-corrected chi connectivity index (χ4v) is 0. The zero-order valence-electron chi connectivity index (χ0n) is 6.79. The van der Waals surface area contributed by atoms with E-state index in [2.05, 4.69) is 0 Å². The molecule has 0 atom stereocenters. The van der Waals surface area contributed by atoms with E-state index in [-0.39, 0.29) is 46.0 Å². The van der Waals surface area contributed by atoms with Gasteiger partial charge in [-0.3, -0.25) is 0 Å². The molecule has 0 N–H and O–H groups in total. The van der Waals surface area contributed by atoms with E-state index in [1.807, 2.05) is 0 Å². The quantitative estimate of drug-likeness (QED) is 0.465. The third-order valence-corrected chi connectivity index (χ3v) is 0. The molecule has 0 fully saturated rings. The Morgan fingerprint density at radius 3 is 0.700 bits per heavy atom. The summed E-state index contributed by atoms with van der Waals surface area (Å²) in [5.41, 5.74) is 0. The van der Waals surface area contributed by atoms with Crippen LogP contribution in [0.5, 0.6) is 0 Å². The van der Waals surface area contributed by atoms with Crippen LogP contribution in [0.2, 0.25) is 0 Å². The standard InChI is InChI=1S/3C2H5O.Bi/c3*1-2-3;/h3*2H2,1H3;/q3*-1;+3. The molecule has 0 rings (SSSR count). The van der Waals surface area contributed by atoms with Gasteiger partial charge < -0.3 is 15.3 Å². The van der Waals surface area contributed by atoms with E-state index in [0.717, 1.165) is 0 Å². The van der Waals surface area contributed by atoms with Crippen LogP contribution in [0.1, 0.15) is 20.8 Å². The van der Waals surface area contributed by atoms with Gasteiger partial charge in [0.25, 0.3) is 0 Å². The zero-order valence-corrected chi connectivity index (χ0v) is 10.3. The maximum atomic E-state index is 8.93. The molecule has 4 heteroatoms. The number of rotatable bonds is 0. The first kappa shape index (κ1) is 22.4. The molecule has 3 nitrogen and oxygen atoms in total. The molecular formula is C6H15BiO3.